The van der Waals surface area contributed by atoms with Crippen LogP contribution in [0.5, 0.6) is 46.0 Å². The van der Waals surface area contributed by atoms with Gasteiger partial charge in [0.05, 0.1) is 21.8 Å². The third-order valence-electron chi connectivity index (χ3n) is 8.53. The van der Waals surface area contributed by atoms with Crippen molar-refractivity contribution in [3.05, 3.63) is 34.9 Å². The first-order valence-corrected chi connectivity index (χ1v) is 14.5. The Bertz CT molecular complexity index is 1700. The average molecular weight is 596 g/mol. The molecule has 0 bridgehead atoms. The van der Waals surface area contributed by atoms with Gasteiger partial charge in [0, 0.05) is 10.3 Å². The summed E-state index contributed by atoms with van der Waals surface area (Å²) in [5.41, 5.74) is 0.0651. The fourth-order valence-electron chi connectivity index (χ4n) is 5.99. The van der Waals surface area contributed by atoms with Crippen molar-refractivity contribution in [2.45, 2.75) is 77.6 Å². The zero-order valence-electron chi connectivity index (χ0n) is 24.6. The van der Waals surface area contributed by atoms with Gasteiger partial charge in [0.25, 0.3) is 0 Å². The summed E-state index contributed by atoms with van der Waals surface area (Å²) < 4.78 is 0.966. The molecule has 1 heterocycles. The van der Waals surface area contributed by atoms with Crippen LogP contribution in [0.25, 0.3) is 21.2 Å². The summed E-state index contributed by atoms with van der Waals surface area (Å²) in [6.45, 7) is 13.9. The van der Waals surface area contributed by atoms with Crippen LogP contribution in [0, 0.1) is 0 Å². The van der Waals surface area contributed by atoms with E-state index in [1.807, 2.05) is 6.07 Å². The second-order valence-electron chi connectivity index (χ2n) is 13.5. The summed E-state index contributed by atoms with van der Waals surface area (Å²) in [7, 11) is 0. The second-order valence-corrected chi connectivity index (χ2v) is 14.6. The van der Waals surface area contributed by atoms with Crippen LogP contribution in [0.4, 0.5) is 10.7 Å². The number of hydrogen-bond acceptors (Lipinski definition) is 10. The highest BCUT2D eigenvalue weighted by molar-refractivity contribution is 7.22. The lowest BCUT2D eigenvalue weighted by Crippen LogP contribution is -2.33. The zero-order chi connectivity index (χ0) is 31.3. The third-order valence-corrected chi connectivity index (χ3v) is 9.54. The zero-order valence-corrected chi connectivity index (χ0v) is 25.4. The number of phenols is 8. The quantitative estimate of drug-likeness (QED) is 0.0853. The Balaban J connectivity index is 1.79. The molecule has 0 atom stereocenters. The Morgan fingerprint density at radius 2 is 1.12 bits per heavy atom. The number of hydrogen-bond donors (Lipinski definition) is 9. The van der Waals surface area contributed by atoms with E-state index in [0.717, 1.165) is 22.9 Å². The highest BCUT2D eigenvalue weighted by atomic mass is 32.1. The molecule has 0 aliphatic heterocycles. The van der Waals surface area contributed by atoms with Gasteiger partial charge in [-0.3, -0.25) is 0 Å². The minimum Gasteiger partial charge on any atom is -0.507 e. The molecule has 10 heteroatoms. The van der Waals surface area contributed by atoms with E-state index < -0.39 is 62.5 Å². The Hall–Kier alpha value is -4.18. The molecule has 0 fully saturated rings. The van der Waals surface area contributed by atoms with Crippen LogP contribution in [-0.2, 0) is 16.2 Å². The number of thiophene rings is 1. The number of aromatic hydroxyl groups is 8. The average Bonchev–Trinajstić information content (AvgIpc) is 3.29. The maximum Gasteiger partial charge on any atom is 0.208 e. The molecule has 0 saturated carbocycles. The van der Waals surface area contributed by atoms with E-state index in [1.165, 1.54) is 22.5 Å². The number of fused-ring (bicyclic) bond motifs is 2. The Labute approximate surface area is 247 Å². The fraction of sp³-hybridized carbons (Fsp3) is 0.375. The summed E-state index contributed by atoms with van der Waals surface area (Å²) >= 11 is 1.37. The van der Waals surface area contributed by atoms with E-state index in [-0.39, 0.29) is 22.1 Å². The second kappa shape index (κ2) is 9.16. The van der Waals surface area contributed by atoms with Crippen LogP contribution >= 0.6 is 11.3 Å². The molecule has 0 unspecified atom stereocenters. The highest BCUT2D eigenvalue weighted by Crippen LogP contribution is 2.62. The van der Waals surface area contributed by atoms with E-state index in [4.69, 9.17) is 0 Å². The molecule has 1 aliphatic rings. The SMILES string of the molecule is CC(C)(C)c1c(O)c(O)c(Nc2cc3cc4c(cc3s2)C(C)(C)CCC4(C)C)c(-c2c(O)c(O)c(O)c(O)c2O)c1O. The van der Waals surface area contributed by atoms with Gasteiger partial charge in [-0.25, -0.2) is 0 Å². The van der Waals surface area contributed by atoms with Gasteiger partial charge in [0.2, 0.25) is 17.2 Å². The van der Waals surface area contributed by atoms with Gasteiger partial charge in [-0.1, -0.05) is 48.5 Å². The number of anilines is 2. The smallest absolute Gasteiger partial charge is 0.208 e. The van der Waals surface area contributed by atoms with Gasteiger partial charge in [-0.2, -0.15) is 0 Å². The lowest BCUT2D eigenvalue weighted by molar-refractivity contribution is 0.329. The lowest BCUT2D eigenvalue weighted by Gasteiger charge is -2.41. The van der Waals surface area contributed by atoms with Gasteiger partial charge in [0.15, 0.2) is 23.0 Å². The van der Waals surface area contributed by atoms with Gasteiger partial charge in [0.1, 0.15) is 5.75 Å². The maximum absolute atomic E-state index is 11.5. The van der Waals surface area contributed by atoms with Gasteiger partial charge < -0.3 is 46.2 Å². The van der Waals surface area contributed by atoms with Crippen molar-refractivity contribution in [3.63, 3.8) is 0 Å². The Morgan fingerprint density at radius 1 is 0.619 bits per heavy atom. The summed E-state index contributed by atoms with van der Waals surface area (Å²) in [6.07, 6.45) is 2.09. The molecule has 4 aromatic rings. The molecular formula is C32H37NO8S. The van der Waals surface area contributed by atoms with Crippen LogP contribution in [0.2, 0.25) is 0 Å². The fourth-order valence-corrected chi connectivity index (χ4v) is 6.98. The monoisotopic (exact) mass is 595 g/mol. The number of nitrogens with one attached hydrogen (secondary N) is 1. The first-order chi connectivity index (χ1) is 19.3. The van der Waals surface area contributed by atoms with Gasteiger partial charge in [-0.05, 0) is 63.8 Å². The van der Waals surface area contributed by atoms with Crippen molar-refractivity contribution in [3.8, 4) is 57.1 Å². The molecule has 3 aromatic carbocycles. The van der Waals surface area contributed by atoms with Crippen molar-refractivity contribution in [2.75, 3.05) is 5.32 Å². The molecule has 0 radical (unpaired) electrons. The molecular weight excluding hydrogens is 558 g/mol. The van der Waals surface area contributed by atoms with Crippen molar-refractivity contribution in [2.24, 2.45) is 0 Å². The molecule has 0 amide bonds. The summed E-state index contributed by atoms with van der Waals surface area (Å²) in [5, 5.41) is 90.3. The standard InChI is InChI=1S/C32H37NO8S/c1-30(2,3)20-22(34)18(19-23(35)27(39)29(41)28(40)24(19)36)21(26(38)25(20)37)33-17-11-13-10-14-15(12-16(13)42-17)32(6,7)9-8-31(14,4)5/h10-12,33-41H,8-9H2,1-7H3. The topological polar surface area (TPSA) is 174 Å². The number of rotatable bonds is 3. The van der Waals surface area contributed by atoms with Gasteiger partial charge >= 0.3 is 0 Å². The van der Waals surface area contributed by atoms with Crippen molar-refractivity contribution >= 4 is 32.1 Å². The first kappa shape index (κ1) is 29.3. The molecule has 0 saturated heterocycles. The van der Waals surface area contributed by atoms with Crippen LogP contribution < -0.4 is 5.32 Å². The van der Waals surface area contributed by atoms with Crippen LogP contribution in [0.1, 0.15) is 78.0 Å². The minimum atomic E-state index is -1.17. The summed E-state index contributed by atoms with van der Waals surface area (Å²) in [4.78, 5) is 0. The van der Waals surface area contributed by atoms with E-state index in [0.29, 0.717) is 5.00 Å². The maximum atomic E-state index is 11.5. The molecule has 9 N–H and O–H groups in total. The first-order valence-electron chi connectivity index (χ1n) is 13.6. The predicted molar refractivity (Wildman–Crippen MR) is 164 cm³/mol. The Morgan fingerprint density at radius 3 is 1.64 bits per heavy atom. The molecule has 9 nitrogen and oxygen atoms in total. The molecule has 0 spiro atoms. The number of benzene rings is 3. The van der Waals surface area contributed by atoms with Crippen molar-refractivity contribution in [1.82, 2.24) is 0 Å². The Kier molecular flexibility index (Phi) is 6.39. The van der Waals surface area contributed by atoms with E-state index in [2.05, 4.69) is 45.1 Å². The number of phenolic OH excluding ortho intramolecular Hbond substituents is 8. The van der Waals surface area contributed by atoms with Gasteiger partial charge in [-0.15, -0.1) is 11.3 Å². The van der Waals surface area contributed by atoms with Crippen molar-refractivity contribution in [1.29, 1.82) is 0 Å². The molecule has 1 aromatic heterocycles. The predicted octanol–water partition coefficient (Wildman–Crippen LogP) is 7.60. The highest BCUT2D eigenvalue weighted by Gasteiger charge is 2.38. The molecule has 42 heavy (non-hydrogen) atoms. The van der Waals surface area contributed by atoms with Crippen LogP contribution in [0.3, 0.4) is 0 Å². The van der Waals surface area contributed by atoms with E-state index in [1.54, 1.807) is 20.8 Å². The van der Waals surface area contributed by atoms with Crippen LogP contribution in [0.15, 0.2) is 18.2 Å². The third kappa shape index (κ3) is 4.27. The molecule has 224 valence electrons. The van der Waals surface area contributed by atoms with Crippen LogP contribution in [-0.4, -0.2) is 40.9 Å². The largest absolute Gasteiger partial charge is 0.507 e. The normalized spacial score (nSPS) is 16.0. The molecule has 1 aliphatic carbocycles. The van der Waals surface area contributed by atoms with E-state index in [9.17, 15) is 40.9 Å². The molecule has 5 rings (SSSR count). The summed E-state index contributed by atoms with van der Waals surface area (Å²) in [6, 6.07) is 6.20. The van der Waals surface area contributed by atoms with E-state index >= 15 is 0 Å². The lowest BCUT2D eigenvalue weighted by atomic mass is 9.63. The van der Waals surface area contributed by atoms with Crippen molar-refractivity contribution < 1.29 is 40.9 Å². The summed E-state index contributed by atoms with van der Waals surface area (Å²) in [5.74, 6) is -7.52. The minimum absolute atomic E-state index is 0.0135.